The second-order valence-electron chi connectivity index (χ2n) is 5.00. The minimum atomic E-state index is -0.0671. The Morgan fingerprint density at radius 2 is 1.85 bits per heavy atom. The average molecular weight is 264 g/mol. The molecule has 0 aliphatic carbocycles. The molecule has 0 bridgehead atoms. The molecule has 1 heterocycles. The van der Waals surface area contributed by atoms with Gasteiger partial charge in [-0.2, -0.15) is 0 Å². The number of carbonyl (C=O) groups is 1. The van der Waals surface area contributed by atoms with Crippen molar-refractivity contribution >= 4 is 22.9 Å². The van der Waals surface area contributed by atoms with Crippen LogP contribution in [-0.4, -0.2) is 5.91 Å². The first-order valence-corrected chi connectivity index (χ1v) is 6.60. The first kappa shape index (κ1) is 12.5. The van der Waals surface area contributed by atoms with Gasteiger partial charge in [-0.25, -0.2) is 0 Å². The molecule has 3 rings (SSSR count). The molecule has 3 nitrogen and oxygen atoms in total. The Kier molecular flexibility index (Phi) is 3.03. The highest BCUT2D eigenvalue weighted by Gasteiger charge is 2.23. The molecule has 3 heteroatoms. The van der Waals surface area contributed by atoms with E-state index in [1.54, 1.807) is 6.20 Å². The van der Waals surface area contributed by atoms with E-state index in [4.69, 9.17) is 0 Å². The molecule has 0 atom stereocenters. The quantitative estimate of drug-likeness (QED) is 0.812. The van der Waals surface area contributed by atoms with Gasteiger partial charge in [0.1, 0.15) is 0 Å². The highest BCUT2D eigenvalue weighted by molar-refractivity contribution is 6.31. The molecule has 1 aliphatic heterocycles. The second-order valence-corrected chi connectivity index (χ2v) is 5.00. The van der Waals surface area contributed by atoms with Crippen molar-refractivity contribution in [3.05, 3.63) is 65.4 Å². The minimum absolute atomic E-state index is 0.0671. The standard InChI is InChI=1S/C17H16N2O/c1-11-7-8-13(9-12(11)2)18-10-15-14-5-3-4-6-16(14)19-17(15)20/h3-10,18H,1-2H3,(H,19,20)/b15-10+. The van der Waals surface area contributed by atoms with Crippen LogP contribution in [0.2, 0.25) is 0 Å². The average Bonchev–Trinajstić information content (AvgIpc) is 2.76. The first-order valence-electron chi connectivity index (χ1n) is 6.60. The van der Waals surface area contributed by atoms with E-state index >= 15 is 0 Å². The van der Waals surface area contributed by atoms with Gasteiger partial charge in [0.25, 0.3) is 5.91 Å². The number of nitrogens with one attached hydrogen (secondary N) is 2. The van der Waals surface area contributed by atoms with Gasteiger partial charge in [-0.1, -0.05) is 24.3 Å². The molecule has 0 unspecified atom stereocenters. The summed E-state index contributed by atoms with van der Waals surface area (Å²) in [4.78, 5) is 12.0. The normalized spacial score (nSPS) is 15.1. The van der Waals surface area contributed by atoms with E-state index in [9.17, 15) is 4.79 Å². The van der Waals surface area contributed by atoms with E-state index in [0.29, 0.717) is 5.57 Å². The van der Waals surface area contributed by atoms with Gasteiger partial charge in [0.15, 0.2) is 0 Å². The Balaban J connectivity index is 1.89. The molecule has 0 spiro atoms. The van der Waals surface area contributed by atoms with E-state index in [2.05, 4.69) is 36.6 Å². The number of fused-ring (bicyclic) bond motifs is 1. The van der Waals surface area contributed by atoms with Gasteiger partial charge in [-0.3, -0.25) is 4.79 Å². The highest BCUT2D eigenvalue weighted by atomic mass is 16.2. The number of rotatable bonds is 2. The lowest BCUT2D eigenvalue weighted by Crippen LogP contribution is -2.05. The molecule has 1 amide bonds. The molecule has 20 heavy (non-hydrogen) atoms. The monoisotopic (exact) mass is 264 g/mol. The number of carbonyl (C=O) groups excluding carboxylic acids is 1. The lowest BCUT2D eigenvalue weighted by molar-refractivity contribution is -0.110. The third-order valence-corrected chi connectivity index (χ3v) is 3.60. The van der Waals surface area contributed by atoms with Crippen LogP contribution in [0.1, 0.15) is 16.7 Å². The Morgan fingerprint density at radius 1 is 1.05 bits per heavy atom. The van der Waals surface area contributed by atoms with E-state index in [-0.39, 0.29) is 5.91 Å². The molecule has 2 aromatic carbocycles. The summed E-state index contributed by atoms with van der Waals surface area (Å²) in [5, 5.41) is 6.06. The fourth-order valence-corrected chi connectivity index (χ4v) is 2.27. The SMILES string of the molecule is Cc1ccc(N/C=C2/C(=O)Nc3ccccc32)cc1C. The molecule has 100 valence electrons. The molecule has 0 radical (unpaired) electrons. The van der Waals surface area contributed by atoms with Gasteiger partial charge in [0.2, 0.25) is 0 Å². The number of anilines is 2. The first-order chi connectivity index (χ1) is 9.65. The number of para-hydroxylation sites is 1. The third kappa shape index (κ3) is 2.18. The van der Waals surface area contributed by atoms with Crippen LogP contribution in [0, 0.1) is 13.8 Å². The van der Waals surface area contributed by atoms with Crippen molar-refractivity contribution in [2.24, 2.45) is 0 Å². The van der Waals surface area contributed by atoms with Crippen LogP contribution in [0.5, 0.6) is 0 Å². The smallest absolute Gasteiger partial charge is 0.257 e. The summed E-state index contributed by atoms with van der Waals surface area (Å²) >= 11 is 0. The van der Waals surface area contributed by atoms with Gasteiger partial charge < -0.3 is 10.6 Å². The number of amides is 1. The van der Waals surface area contributed by atoms with Crippen LogP contribution in [0.3, 0.4) is 0 Å². The Labute approximate surface area is 118 Å². The highest BCUT2D eigenvalue weighted by Crippen LogP contribution is 2.31. The maximum Gasteiger partial charge on any atom is 0.257 e. The number of hydrogen-bond acceptors (Lipinski definition) is 2. The molecule has 2 aromatic rings. The lowest BCUT2D eigenvalue weighted by Gasteiger charge is -2.05. The fraction of sp³-hybridized carbons (Fsp3) is 0.118. The summed E-state index contributed by atoms with van der Waals surface area (Å²) in [7, 11) is 0. The summed E-state index contributed by atoms with van der Waals surface area (Å²) in [6, 6.07) is 13.9. The Morgan fingerprint density at radius 3 is 2.65 bits per heavy atom. The minimum Gasteiger partial charge on any atom is -0.361 e. The van der Waals surface area contributed by atoms with Crippen molar-refractivity contribution in [3.8, 4) is 0 Å². The zero-order valence-electron chi connectivity index (χ0n) is 11.5. The van der Waals surface area contributed by atoms with Gasteiger partial charge in [-0.05, 0) is 43.2 Å². The van der Waals surface area contributed by atoms with Gasteiger partial charge >= 0.3 is 0 Å². The fourth-order valence-electron chi connectivity index (χ4n) is 2.27. The van der Waals surface area contributed by atoms with Crippen LogP contribution in [0.15, 0.2) is 48.7 Å². The van der Waals surface area contributed by atoms with Crippen molar-refractivity contribution in [2.45, 2.75) is 13.8 Å². The molecule has 1 aliphatic rings. The summed E-state index contributed by atoms with van der Waals surface area (Å²) in [5.74, 6) is -0.0671. The molecule has 0 aromatic heterocycles. The number of hydrogen-bond donors (Lipinski definition) is 2. The molecule has 2 N–H and O–H groups in total. The summed E-state index contributed by atoms with van der Waals surface area (Å²) < 4.78 is 0. The summed E-state index contributed by atoms with van der Waals surface area (Å²) in [5.41, 5.74) is 5.94. The lowest BCUT2D eigenvalue weighted by atomic mass is 10.1. The third-order valence-electron chi connectivity index (χ3n) is 3.60. The largest absolute Gasteiger partial charge is 0.361 e. The molecule has 0 fully saturated rings. The second kappa shape index (κ2) is 4.85. The van der Waals surface area contributed by atoms with Gasteiger partial charge in [0.05, 0.1) is 5.57 Å². The molecular weight excluding hydrogens is 248 g/mol. The van der Waals surface area contributed by atoms with Crippen LogP contribution < -0.4 is 10.6 Å². The number of benzene rings is 2. The topological polar surface area (TPSA) is 41.1 Å². The number of aryl methyl sites for hydroxylation is 2. The van der Waals surface area contributed by atoms with E-state index in [0.717, 1.165) is 16.9 Å². The van der Waals surface area contributed by atoms with Crippen LogP contribution in [-0.2, 0) is 4.79 Å². The van der Waals surface area contributed by atoms with Gasteiger partial charge in [-0.15, -0.1) is 0 Å². The Bertz CT molecular complexity index is 717. The van der Waals surface area contributed by atoms with E-state index < -0.39 is 0 Å². The zero-order valence-corrected chi connectivity index (χ0v) is 11.5. The maximum absolute atomic E-state index is 12.0. The molecular formula is C17H16N2O. The van der Waals surface area contributed by atoms with E-state index in [1.165, 1.54) is 11.1 Å². The summed E-state index contributed by atoms with van der Waals surface area (Å²) in [6.07, 6.45) is 1.77. The Hall–Kier alpha value is -2.55. The zero-order chi connectivity index (χ0) is 14.1. The van der Waals surface area contributed by atoms with Crippen molar-refractivity contribution < 1.29 is 4.79 Å². The van der Waals surface area contributed by atoms with E-state index in [1.807, 2.05) is 30.3 Å². The molecule has 0 saturated carbocycles. The van der Waals surface area contributed by atoms with Crippen LogP contribution in [0.25, 0.3) is 5.57 Å². The van der Waals surface area contributed by atoms with Crippen molar-refractivity contribution in [3.63, 3.8) is 0 Å². The van der Waals surface area contributed by atoms with Crippen molar-refractivity contribution in [1.82, 2.24) is 0 Å². The predicted molar refractivity (Wildman–Crippen MR) is 82.6 cm³/mol. The predicted octanol–water partition coefficient (Wildman–Crippen LogP) is 3.71. The van der Waals surface area contributed by atoms with Crippen molar-refractivity contribution in [2.75, 3.05) is 10.6 Å². The van der Waals surface area contributed by atoms with Gasteiger partial charge in [0, 0.05) is 23.1 Å². The van der Waals surface area contributed by atoms with Crippen LogP contribution >= 0.6 is 0 Å². The summed E-state index contributed by atoms with van der Waals surface area (Å²) in [6.45, 7) is 4.16. The molecule has 0 saturated heterocycles. The van der Waals surface area contributed by atoms with Crippen molar-refractivity contribution in [1.29, 1.82) is 0 Å². The maximum atomic E-state index is 12.0. The van der Waals surface area contributed by atoms with Crippen LogP contribution in [0.4, 0.5) is 11.4 Å².